The summed E-state index contributed by atoms with van der Waals surface area (Å²) >= 11 is 0. The van der Waals surface area contributed by atoms with E-state index in [9.17, 15) is 17.6 Å². The van der Waals surface area contributed by atoms with Crippen LogP contribution in [-0.2, 0) is 10.9 Å². The first-order valence-electron chi connectivity index (χ1n) is 15.5. The molecule has 2 aliphatic rings. The van der Waals surface area contributed by atoms with Gasteiger partial charge in [-0.1, -0.05) is 6.92 Å². The van der Waals surface area contributed by atoms with E-state index in [0.29, 0.717) is 37.4 Å². The monoisotopic (exact) mass is 667 g/mol. The topological polar surface area (TPSA) is 120 Å². The summed E-state index contributed by atoms with van der Waals surface area (Å²) in [5.74, 6) is -0.760. The van der Waals surface area contributed by atoms with Gasteiger partial charge in [0.2, 0.25) is 5.88 Å². The Morgan fingerprint density at radius 3 is 2.48 bits per heavy atom. The molecule has 5 rings (SSSR count). The molecule has 46 heavy (non-hydrogen) atoms. The van der Waals surface area contributed by atoms with Crippen molar-refractivity contribution in [3.05, 3.63) is 23.0 Å². The highest BCUT2D eigenvalue weighted by molar-refractivity contribution is 7.28. The van der Waals surface area contributed by atoms with E-state index in [0.717, 1.165) is 45.5 Å². The lowest BCUT2D eigenvalue weighted by molar-refractivity contribution is -0.137. The third-order valence-corrected chi connectivity index (χ3v) is 9.24. The zero-order valence-corrected chi connectivity index (χ0v) is 27.9. The fourth-order valence-electron chi connectivity index (χ4n) is 5.53. The van der Waals surface area contributed by atoms with Crippen LogP contribution in [0, 0.1) is 18.2 Å². The molecule has 2 aromatic heterocycles. The van der Waals surface area contributed by atoms with Gasteiger partial charge in [0.05, 0.1) is 54.6 Å². The summed E-state index contributed by atoms with van der Waals surface area (Å²) < 4.78 is 76.1. The van der Waals surface area contributed by atoms with Crippen LogP contribution < -0.4 is 31.1 Å². The Balaban J connectivity index is 1.67. The standard InChI is InChI=1S/C31H42F4N7O3P/c1-6-16(2)45-28-21-25(26(46)24(39-28)19-13-20(36)23(32)17(3)22(19)31(33,34)35)40-29(41-27(21)38-18(4)37-5)44-15-30(7-8-30)14-42-9-11-43-12-10-42/h13,16,18,37H,6-12,14-15,36,46H2,1-5H3,(H,38,40,41). The van der Waals surface area contributed by atoms with Crippen LogP contribution in [0.1, 0.15) is 51.2 Å². The number of ether oxygens (including phenoxy) is 3. The number of pyridine rings is 1. The number of aromatic nitrogens is 3. The molecular formula is C31H42F4N7O3P. The van der Waals surface area contributed by atoms with Crippen LogP contribution in [0.5, 0.6) is 11.9 Å². The third-order valence-electron chi connectivity index (χ3n) is 8.69. The molecule has 0 spiro atoms. The van der Waals surface area contributed by atoms with Crippen LogP contribution in [-0.4, -0.2) is 78.6 Å². The van der Waals surface area contributed by atoms with E-state index >= 15 is 0 Å². The van der Waals surface area contributed by atoms with Gasteiger partial charge in [-0.15, -0.1) is 9.24 Å². The Labute approximate surface area is 268 Å². The lowest BCUT2D eigenvalue weighted by Gasteiger charge is -2.30. The summed E-state index contributed by atoms with van der Waals surface area (Å²) in [5, 5.41) is 6.99. The Kier molecular flexibility index (Phi) is 10.1. The molecule has 3 heterocycles. The van der Waals surface area contributed by atoms with Gasteiger partial charge in [0.15, 0.2) is 0 Å². The molecule has 3 atom stereocenters. The maximum Gasteiger partial charge on any atom is 0.417 e. The fraction of sp³-hybridized carbons (Fsp3) is 0.581. The first-order chi connectivity index (χ1) is 21.8. The number of hydrogen-bond donors (Lipinski definition) is 3. The number of hydrogen-bond acceptors (Lipinski definition) is 10. The number of nitrogens with one attached hydrogen (secondary N) is 2. The lowest BCUT2D eigenvalue weighted by atomic mass is 9.96. The number of fused-ring (bicyclic) bond motifs is 1. The molecule has 0 radical (unpaired) electrons. The van der Waals surface area contributed by atoms with E-state index < -0.39 is 28.8 Å². The average molecular weight is 668 g/mol. The molecule has 1 saturated heterocycles. The quantitative estimate of drug-likeness (QED) is 0.107. The number of nitrogen functional groups attached to an aromatic ring is 1. The van der Waals surface area contributed by atoms with E-state index in [-0.39, 0.29) is 51.7 Å². The first-order valence-corrected chi connectivity index (χ1v) is 16.0. The normalized spacial score (nSPS) is 18.0. The molecular weight excluding hydrogens is 625 g/mol. The van der Waals surface area contributed by atoms with Crippen molar-refractivity contribution in [1.82, 2.24) is 25.2 Å². The van der Waals surface area contributed by atoms with Crippen molar-refractivity contribution >= 4 is 37.0 Å². The molecule has 2 fully saturated rings. The summed E-state index contributed by atoms with van der Waals surface area (Å²) in [6, 6.07) is 1.02. The van der Waals surface area contributed by atoms with Crippen LogP contribution in [0.3, 0.4) is 0 Å². The Morgan fingerprint density at radius 2 is 1.87 bits per heavy atom. The second-order valence-corrected chi connectivity index (χ2v) is 12.8. The van der Waals surface area contributed by atoms with Crippen LogP contribution in [0.4, 0.5) is 29.1 Å². The van der Waals surface area contributed by atoms with Crippen molar-refractivity contribution in [2.24, 2.45) is 5.41 Å². The summed E-state index contributed by atoms with van der Waals surface area (Å²) in [6.45, 7) is 11.1. The second kappa shape index (κ2) is 13.6. The Hall–Kier alpha value is -3.06. The predicted octanol–water partition coefficient (Wildman–Crippen LogP) is 4.89. The number of benzene rings is 1. The molecule has 3 aromatic rings. The predicted molar refractivity (Wildman–Crippen MR) is 173 cm³/mol. The van der Waals surface area contributed by atoms with E-state index in [1.807, 2.05) is 20.8 Å². The first kappa shape index (κ1) is 34.3. The van der Waals surface area contributed by atoms with Gasteiger partial charge in [0, 0.05) is 35.9 Å². The molecule has 10 nitrogen and oxygen atoms in total. The van der Waals surface area contributed by atoms with Gasteiger partial charge in [-0.05, 0) is 58.7 Å². The smallest absolute Gasteiger partial charge is 0.417 e. The van der Waals surface area contributed by atoms with Gasteiger partial charge < -0.3 is 30.6 Å². The molecule has 15 heteroatoms. The minimum Gasteiger partial charge on any atom is -0.474 e. The van der Waals surface area contributed by atoms with Gasteiger partial charge in [-0.2, -0.15) is 23.1 Å². The third kappa shape index (κ3) is 7.25. The fourth-order valence-corrected chi connectivity index (χ4v) is 5.95. The average Bonchev–Trinajstić information content (AvgIpc) is 3.78. The van der Waals surface area contributed by atoms with Gasteiger partial charge in [-0.25, -0.2) is 9.37 Å². The molecule has 3 unspecified atom stereocenters. The van der Waals surface area contributed by atoms with Crippen molar-refractivity contribution in [3.8, 4) is 23.1 Å². The van der Waals surface area contributed by atoms with E-state index in [4.69, 9.17) is 29.9 Å². The lowest BCUT2D eigenvalue weighted by Crippen LogP contribution is -2.41. The van der Waals surface area contributed by atoms with Crippen LogP contribution >= 0.6 is 9.24 Å². The van der Waals surface area contributed by atoms with Crippen LogP contribution in [0.25, 0.3) is 22.2 Å². The summed E-state index contributed by atoms with van der Waals surface area (Å²) in [5.41, 5.74) is 3.38. The second-order valence-electron chi connectivity index (χ2n) is 12.3. The molecule has 1 saturated carbocycles. The molecule has 0 bridgehead atoms. The maximum atomic E-state index is 14.7. The minimum absolute atomic E-state index is 0.0301. The highest BCUT2D eigenvalue weighted by Crippen LogP contribution is 2.47. The van der Waals surface area contributed by atoms with E-state index in [1.54, 1.807) is 7.05 Å². The van der Waals surface area contributed by atoms with Crippen molar-refractivity contribution in [3.63, 3.8) is 0 Å². The largest absolute Gasteiger partial charge is 0.474 e. The number of morpholine rings is 1. The number of halogens is 4. The summed E-state index contributed by atoms with van der Waals surface area (Å²) in [6.07, 6.45) is -2.90. The zero-order chi connectivity index (χ0) is 33.4. The molecule has 4 N–H and O–H groups in total. The Bertz CT molecular complexity index is 1580. The van der Waals surface area contributed by atoms with Gasteiger partial charge >= 0.3 is 12.2 Å². The number of alkyl halides is 3. The molecule has 1 aliphatic heterocycles. The maximum absolute atomic E-state index is 14.7. The zero-order valence-electron chi connectivity index (χ0n) is 26.8. The summed E-state index contributed by atoms with van der Waals surface area (Å²) in [7, 11) is 4.23. The van der Waals surface area contributed by atoms with Crippen molar-refractivity contribution in [2.45, 2.75) is 65.4 Å². The summed E-state index contributed by atoms with van der Waals surface area (Å²) in [4.78, 5) is 16.4. The van der Waals surface area contributed by atoms with E-state index in [1.165, 1.54) is 0 Å². The SMILES string of the molecule is CCC(C)Oc1nc(-c2cc(N)c(F)c(C)c2C(F)(F)F)c(P)c2nc(OCC3(CN4CCOCC4)CC3)nc(NC(C)NC)c12. The van der Waals surface area contributed by atoms with Crippen LogP contribution in [0.2, 0.25) is 0 Å². The highest BCUT2D eigenvalue weighted by Gasteiger charge is 2.45. The number of rotatable bonds is 12. The van der Waals surface area contributed by atoms with Crippen LogP contribution in [0.15, 0.2) is 6.07 Å². The van der Waals surface area contributed by atoms with Crippen molar-refractivity contribution < 1.29 is 31.8 Å². The Morgan fingerprint density at radius 1 is 1.17 bits per heavy atom. The van der Waals surface area contributed by atoms with Gasteiger partial charge in [0.25, 0.3) is 0 Å². The van der Waals surface area contributed by atoms with Gasteiger partial charge in [0.1, 0.15) is 17.0 Å². The molecule has 1 aliphatic carbocycles. The van der Waals surface area contributed by atoms with E-state index in [2.05, 4.69) is 29.8 Å². The minimum atomic E-state index is -4.90. The number of anilines is 2. The van der Waals surface area contributed by atoms with Crippen molar-refractivity contribution in [1.29, 1.82) is 0 Å². The molecule has 1 aromatic carbocycles. The molecule has 252 valence electrons. The number of nitrogens with two attached hydrogens (primary N) is 1. The number of nitrogens with zero attached hydrogens (tertiary/aromatic N) is 4. The molecule has 0 amide bonds. The highest BCUT2D eigenvalue weighted by atomic mass is 31.0. The van der Waals surface area contributed by atoms with Crippen molar-refractivity contribution in [2.75, 3.05) is 57.6 Å². The van der Waals surface area contributed by atoms with Gasteiger partial charge in [-0.3, -0.25) is 4.90 Å².